The molecule has 0 unspecified atom stereocenters. The van der Waals surface area contributed by atoms with Crippen molar-refractivity contribution in [3.8, 4) is 0 Å². The maximum absolute atomic E-state index is 11.7. The number of carbonyl (C=O) groups excluding carboxylic acids is 2. The van der Waals surface area contributed by atoms with Gasteiger partial charge in [-0.1, -0.05) is 0 Å². The average molecular weight is 272 g/mol. The van der Waals surface area contributed by atoms with E-state index in [1.165, 1.54) is 0 Å². The van der Waals surface area contributed by atoms with Gasteiger partial charge in [0.15, 0.2) is 0 Å². The van der Waals surface area contributed by atoms with Gasteiger partial charge in [0.1, 0.15) is 6.04 Å². The quantitative estimate of drug-likeness (QED) is 0.432. The van der Waals surface area contributed by atoms with Crippen LogP contribution in [0.2, 0.25) is 0 Å². The van der Waals surface area contributed by atoms with E-state index in [0.717, 1.165) is 32.6 Å². The van der Waals surface area contributed by atoms with E-state index in [1.807, 2.05) is 4.90 Å². The number of nitrogens with one attached hydrogen (secondary N) is 2. The molecule has 1 atom stereocenters. The number of primary amides is 1. The van der Waals surface area contributed by atoms with E-state index < -0.39 is 30.2 Å². The summed E-state index contributed by atoms with van der Waals surface area (Å²) in [6, 6.07) is -1.25. The molecule has 0 aromatic rings. The van der Waals surface area contributed by atoms with E-state index in [9.17, 15) is 14.4 Å². The Kier molecular flexibility index (Phi) is 6.23. The second-order valence-electron chi connectivity index (χ2n) is 4.51. The number of carboxylic acids is 1. The molecular weight excluding hydrogens is 252 g/mol. The summed E-state index contributed by atoms with van der Waals surface area (Å²) >= 11 is 0. The van der Waals surface area contributed by atoms with Crippen LogP contribution in [0.5, 0.6) is 0 Å². The molecule has 0 aliphatic carbocycles. The minimum atomic E-state index is -1.26. The molecule has 5 N–H and O–H groups in total. The Hall–Kier alpha value is -1.67. The zero-order valence-electron chi connectivity index (χ0n) is 10.7. The zero-order chi connectivity index (χ0) is 14.3. The number of hydrogen-bond acceptors (Lipinski definition) is 5. The number of carbonyl (C=O) groups is 3. The summed E-state index contributed by atoms with van der Waals surface area (Å²) in [4.78, 5) is 35.3. The molecule has 19 heavy (non-hydrogen) atoms. The first-order valence-electron chi connectivity index (χ1n) is 6.22. The third-order valence-corrected chi connectivity index (χ3v) is 2.84. The molecule has 0 aromatic heterocycles. The van der Waals surface area contributed by atoms with Crippen molar-refractivity contribution >= 4 is 17.8 Å². The maximum Gasteiger partial charge on any atom is 0.326 e. The first kappa shape index (κ1) is 15.4. The van der Waals surface area contributed by atoms with Crippen LogP contribution in [0.3, 0.4) is 0 Å². The molecule has 0 spiro atoms. The van der Waals surface area contributed by atoms with Gasteiger partial charge in [-0.05, 0) is 19.5 Å². The van der Waals surface area contributed by atoms with E-state index in [1.54, 1.807) is 0 Å². The van der Waals surface area contributed by atoms with Gasteiger partial charge in [-0.2, -0.15) is 0 Å². The molecule has 8 heteroatoms. The van der Waals surface area contributed by atoms with Gasteiger partial charge in [0.05, 0.1) is 13.0 Å². The molecule has 1 rings (SSSR count). The van der Waals surface area contributed by atoms with Crippen molar-refractivity contribution in [2.24, 2.45) is 5.73 Å². The van der Waals surface area contributed by atoms with Gasteiger partial charge in [0, 0.05) is 13.1 Å². The van der Waals surface area contributed by atoms with Gasteiger partial charge in [-0.3, -0.25) is 14.5 Å². The van der Waals surface area contributed by atoms with Gasteiger partial charge in [0.2, 0.25) is 11.8 Å². The molecule has 0 bridgehead atoms. The first-order valence-corrected chi connectivity index (χ1v) is 6.22. The molecular formula is C11H20N4O4. The van der Waals surface area contributed by atoms with E-state index in [0.29, 0.717) is 0 Å². The van der Waals surface area contributed by atoms with Crippen LogP contribution in [0.15, 0.2) is 0 Å². The van der Waals surface area contributed by atoms with Gasteiger partial charge < -0.3 is 21.5 Å². The van der Waals surface area contributed by atoms with E-state index in [2.05, 4.69) is 10.6 Å². The summed E-state index contributed by atoms with van der Waals surface area (Å²) < 4.78 is 0. The van der Waals surface area contributed by atoms with Crippen LogP contribution in [-0.4, -0.2) is 66.6 Å². The Morgan fingerprint density at radius 3 is 2.68 bits per heavy atom. The average Bonchev–Trinajstić information content (AvgIpc) is 2.56. The lowest BCUT2D eigenvalue weighted by Crippen LogP contribution is -2.47. The number of nitrogens with two attached hydrogens (primary N) is 1. The van der Waals surface area contributed by atoms with Crippen molar-refractivity contribution in [2.75, 3.05) is 32.7 Å². The minimum absolute atomic E-state index is 0.129. The number of carboxylic acid groups (broad SMARTS) is 1. The van der Waals surface area contributed by atoms with E-state index in [-0.39, 0.29) is 6.54 Å². The number of hydrogen-bond donors (Lipinski definition) is 4. The van der Waals surface area contributed by atoms with Gasteiger partial charge in [-0.25, -0.2) is 4.79 Å². The second-order valence-corrected chi connectivity index (χ2v) is 4.51. The molecule has 0 saturated carbocycles. The van der Waals surface area contributed by atoms with Crippen molar-refractivity contribution in [3.63, 3.8) is 0 Å². The lowest BCUT2D eigenvalue weighted by molar-refractivity contribution is -0.143. The highest BCUT2D eigenvalue weighted by Crippen LogP contribution is 1.96. The molecule has 1 fully saturated rings. The Bertz CT molecular complexity index is 340. The Morgan fingerprint density at radius 2 is 2.05 bits per heavy atom. The van der Waals surface area contributed by atoms with Gasteiger partial charge in [-0.15, -0.1) is 0 Å². The van der Waals surface area contributed by atoms with Crippen molar-refractivity contribution in [2.45, 2.75) is 18.9 Å². The first-order chi connectivity index (χ1) is 8.99. The summed E-state index contributed by atoms with van der Waals surface area (Å²) in [6.07, 6.45) is 0.541. The number of nitrogens with zero attached hydrogens (tertiary/aromatic N) is 1. The number of amides is 2. The summed E-state index contributed by atoms with van der Waals surface area (Å²) in [5.41, 5.74) is 4.94. The summed E-state index contributed by atoms with van der Waals surface area (Å²) in [5.74, 6) is -2.42. The van der Waals surface area contributed by atoms with E-state index in [4.69, 9.17) is 10.8 Å². The van der Waals surface area contributed by atoms with Gasteiger partial charge >= 0.3 is 5.97 Å². The largest absolute Gasteiger partial charge is 0.480 e. The normalized spacial score (nSPS) is 18.3. The fraction of sp³-hybridized carbons (Fsp3) is 0.727. The Labute approximate surface area is 111 Å². The standard InChI is InChI=1S/C11H20N4O4/c12-9(16)6-8(11(18)19)14-10(17)7-15-4-1-2-13-3-5-15/h8,13H,1-7H2,(H2,12,16)(H,14,17)(H,18,19)/t8-/m0/s1. The van der Waals surface area contributed by atoms with Crippen molar-refractivity contribution in [1.29, 1.82) is 0 Å². The van der Waals surface area contributed by atoms with Crippen molar-refractivity contribution in [3.05, 3.63) is 0 Å². The molecule has 2 amide bonds. The highest BCUT2D eigenvalue weighted by molar-refractivity contribution is 5.88. The van der Waals surface area contributed by atoms with Crippen LogP contribution in [0.1, 0.15) is 12.8 Å². The lowest BCUT2D eigenvalue weighted by atomic mass is 10.2. The predicted molar refractivity (Wildman–Crippen MR) is 67.3 cm³/mol. The zero-order valence-corrected chi connectivity index (χ0v) is 10.7. The van der Waals surface area contributed by atoms with Crippen molar-refractivity contribution < 1.29 is 19.5 Å². The van der Waals surface area contributed by atoms with Crippen molar-refractivity contribution in [1.82, 2.24) is 15.5 Å². The predicted octanol–water partition coefficient (Wildman–Crippen LogP) is -2.27. The fourth-order valence-electron chi connectivity index (χ4n) is 1.90. The molecule has 1 aliphatic rings. The van der Waals surface area contributed by atoms with Crippen LogP contribution in [0.25, 0.3) is 0 Å². The highest BCUT2D eigenvalue weighted by Gasteiger charge is 2.23. The van der Waals surface area contributed by atoms with Crippen LogP contribution in [-0.2, 0) is 14.4 Å². The van der Waals surface area contributed by atoms with Crippen LogP contribution >= 0.6 is 0 Å². The van der Waals surface area contributed by atoms with Crippen LogP contribution in [0.4, 0.5) is 0 Å². The maximum atomic E-state index is 11.7. The second kappa shape index (κ2) is 7.70. The number of aliphatic carboxylic acids is 1. The molecule has 0 aromatic carbocycles. The lowest BCUT2D eigenvalue weighted by Gasteiger charge is -2.20. The monoisotopic (exact) mass is 272 g/mol. The molecule has 0 radical (unpaired) electrons. The summed E-state index contributed by atoms with van der Waals surface area (Å²) in [5, 5.41) is 14.4. The highest BCUT2D eigenvalue weighted by atomic mass is 16.4. The minimum Gasteiger partial charge on any atom is -0.480 e. The topological polar surface area (TPSA) is 125 Å². The summed E-state index contributed by atoms with van der Waals surface area (Å²) in [6.45, 7) is 3.37. The number of rotatable bonds is 6. The molecule has 108 valence electrons. The summed E-state index contributed by atoms with van der Waals surface area (Å²) in [7, 11) is 0. The van der Waals surface area contributed by atoms with E-state index >= 15 is 0 Å². The molecule has 1 aliphatic heterocycles. The van der Waals surface area contributed by atoms with Crippen LogP contribution < -0.4 is 16.4 Å². The fourth-order valence-corrected chi connectivity index (χ4v) is 1.90. The SMILES string of the molecule is NC(=O)C[C@H](NC(=O)CN1CCCNCC1)C(=O)O. The molecule has 1 heterocycles. The smallest absolute Gasteiger partial charge is 0.326 e. The van der Waals surface area contributed by atoms with Crippen LogP contribution in [0, 0.1) is 0 Å². The molecule has 1 saturated heterocycles. The Balaban J connectivity index is 2.42. The third kappa shape index (κ3) is 6.16. The molecule has 8 nitrogen and oxygen atoms in total. The Morgan fingerprint density at radius 1 is 1.32 bits per heavy atom. The van der Waals surface area contributed by atoms with Gasteiger partial charge in [0.25, 0.3) is 0 Å². The third-order valence-electron chi connectivity index (χ3n) is 2.84.